The first-order valence-electron chi connectivity index (χ1n) is 4.59. The van der Waals surface area contributed by atoms with Gasteiger partial charge in [-0.15, -0.1) is 5.56 Å². The Balaban J connectivity index is 0.00000128. The van der Waals surface area contributed by atoms with Crippen molar-refractivity contribution in [2.24, 2.45) is 0 Å². The van der Waals surface area contributed by atoms with E-state index in [9.17, 15) is 4.79 Å². The predicted octanol–water partition coefficient (Wildman–Crippen LogP) is 2.13. The number of nitrogens with zero attached hydrogens (tertiary/aromatic N) is 1. The Kier molecular flexibility index (Phi) is 4.57. The van der Waals surface area contributed by atoms with Gasteiger partial charge < -0.3 is 9.72 Å². The molecule has 0 aliphatic carbocycles. The van der Waals surface area contributed by atoms with Crippen molar-refractivity contribution in [3.05, 3.63) is 41.6 Å². The number of esters is 1. The van der Waals surface area contributed by atoms with Crippen LogP contribution in [0.25, 0.3) is 10.9 Å². The molecule has 16 heavy (non-hydrogen) atoms. The molecule has 0 amide bonds. The molecule has 2 aromatic rings. The molecule has 1 aromatic carbocycles. The van der Waals surface area contributed by atoms with Crippen molar-refractivity contribution in [1.29, 1.82) is 0 Å². The van der Waals surface area contributed by atoms with Gasteiger partial charge in [0.15, 0.2) is 0 Å². The number of benzene rings is 1. The van der Waals surface area contributed by atoms with E-state index in [2.05, 4.69) is 11.2 Å². The number of aryl methyl sites for hydroxylation is 1. The summed E-state index contributed by atoms with van der Waals surface area (Å²) < 4.78 is 4.74. The number of methoxy groups -OCH3 is 1. The first-order chi connectivity index (χ1) is 7.24. The summed E-state index contributed by atoms with van der Waals surface area (Å²) in [4.78, 5) is 15.7. The molecule has 3 nitrogen and oxygen atoms in total. The van der Waals surface area contributed by atoms with Crippen molar-refractivity contribution in [2.45, 2.75) is 6.92 Å². The number of hydrogen-bond acceptors (Lipinski definition) is 3. The quantitative estimate of drug-likeness (QED) is 0.596. The third-order valence-corrected chi connectivity index (χ3v) is 2.28. The van der Waals surface area contributed by atoms with Crippen LogP contribution in [0.4, 0.5) is 0 Å². The minimum absolute atomic E-state index is 0. The predicted molar refractivity (Wildman–Crippen MR) is 56.7 cm³/mol. The summed E-state index contributed by atoms with van der Waals surface area (Å²) in [6.07, 6.45) is 2.81. The SMILES string of the molecule is COC(=O)c1c(C)[c-]nc2ccccc12.[Y]. The summed E-state index contributed by atoms with van der Waals surface area (Å²) in [5.74, 6) is -0.345. The molecule has 0 unspecified atom stereocenters. The molecule has 0 N–H and O–H groups in total. The van der Waals surface area contributed by atoms with E-state index in [0.717, 1.165) is 10.9 Å². The fourth-order valence-electron chi connectivity index (χ4n) is 1.55. The van der Waals surface area contributed by atoms with E-state index in [4.69, 9.17) is 4.74 Å². The molecule has 0 saturated heterocycles. The van der Waals surface area contributed by atoms with Crippen LogP contribution in [0, 0.1) is 13.1 Å². The van der Waals surface area contributed by atoms with Crippen molar-refractivity contribution in [1.82, 2.24) is 4.98 Å². The summed E-state index contributed by atoms with van der Waals surface area (Å²) in [7, 11) is 1.37. The Morgan fingerprint density at radius 3 is 2.75 bits per heavy atom. The van der Waals surface area contributed by atoms with E-state index in [-0.39, 0.29) is 38.7 Å². The van der Waals surface area contributed by atoms with Crippen molar-refractivity contribution >= 4 is 16.9 Å². The van der Waals surface area contributed by atoms with Gasteiger partial charge in [0.2, 0.25) is 0 Å². The van der Waals surface area contributed by atoms with Gasteiger partial charge in [0.05, 0.1) is 7.11 Å². The van der Waals surface area contributed by atoms with Crippen LogP contribution in [0.1, 0.15) is 15.9 Å². The number of rotatable bonds is 1. The average molecular weight is 289 g/mol. The molecule has 0 fully saturated rings. The fourth-order valence-corrected chi connectivity index (χ4v) is 1.55. The molecule has 0 aliphatic rings. The zero-order valence-corrected chi connectivity index (χ0v) is 12.0. The van der Waals surface area contributed by atoms with Crippen molar-refractivity contribution in [2.75, 3.05) is 7.11 Å². The molecule has 1 heterocycles. The van der Waals surface area contributed by atoms with Gasteiger partial charge in [-0.25, -0.2) is 0 Å². The molecule has 79 valence electrons. The maximum atomic E-state index is 11.6. The van der Waals surface area contributed by atoms with Crippen molar-refractivity contribution in [3.8, 4) is 0 Å². The number of para-hydroxylation sites is 1. The van der Waals surface area contributed by atoms with Gasteiger partial charge >= 0.3 is 0 Å². The van der Waals surface area contributed by atoms with Gasteiger partial charge in [-0.1, -0.05) is 42.8 Å². The third-order valence-electron chi connectivity index (χ3n) is 2.28. The van der Waals surface area contributed by atoms with E-state index >= 15 is 0 Å². The molecule has 1 aromatic heterocycles. The standard InChI is InChI=1S/C12H10NO2.Y/c1-8-7-13-10-6-4-3-5-9(10)11(8)12(14)15-2;/h3-6H,1-2H3;/q-1;. The van der Waals surface area contributed by atoms with E-state index in [1.54, 1.807) is 6.92 Å². The molecule has 0 bridgehead atoms. The zero-order chi connectivity index (χ0) is 10.8. The number of carbonyl (C=O) groups excluding carboxylic acids is 1. The molecule has 4 heteroatoms. The Morgan fingerprint density at radius 1 is 1.38 bits per heavy atom. The van der Waals surface area contributed by atoms with Gasteiger partial charge in [0.1, 0.15) is 0 Å². The summed E-state index contributed by atoms with van der Waals surface area (Å²) in [6.45, 7) is 1.80. The van der Waals surface area contributed by atoms with Crippen LogP contribution in [0.5, 0.6) is 0 Å². The van der Waals surface area contributed by atoms with Crippen LogP contribution in [-0.2, 0) is 37.4 Å². The van der Waals surface area contributed by atoms with Crippen molar-refractivity contribution < 1.29 is 42.2 Å². The van der Waals surface area contributed by atoms with Gasteiger partial charge in [0, 0.05) is 32.7 Å². The Bertz CT molecular complexity index is 525. The Hall–Kier alpha value is -0.796. The minimum atomic E-state index is -0.345. The van der Waals surface area contributed by atoms with Gasteiger partial charge in [-0.05, 0) is 11.1 Å². The second-order valence-corrected chi connectivity index (χ2v) is 3.23. The molecule has 0 spiro atoms. The largest absolute Gasteiger partial charge is 0.475 e. The topological polar surface area (TPSA) is 39.2 Å². The first-order valence-corrected chi connectivity index (χ1v) is 4.59. The van der Waals surface area contributed by atoms with Crippen LogP contribution >= 0.6 is 0 Å². The second-order valence-electron chi connectivity index (χ2n) is 3.23. The van der Waals surface area contributed by atoms with Crippen LogP contribution in [0.15, 0.2) is 24.3 Å². The number of hydrogen-bond donors (Lipinski definition) is 0. The number of fused-ring (bicyclic) bond motifs is 1. The summed E-state index contributed by atoms with van der Waals surface area (Å²) in [5.41, 5.74) is 2.01. The van der Waals surface area contributed by atoms with Crippen LogP contribution in [0.3, 0.4) is 0 Å². The van der Waals surface area contributed by atoms with E-state index in [1.165, 1.54) is 7.11 Å². The normalized spacial score (nSPS) is 9.62. The average Bonchev–Trinajstić information content (AvgIpc) is 2.28. The van der Waals surface area contributed by atoms with Gasteiger partial charge in [-0.2, -0.15) is 0 Å². The number of aromatic nitrogens is 1. The molecule has 0 saturated carbocycles. The van der Waals surface area contributed by atoms with Crippen molar-refractivity contribution in [3.63, 3.8) is 0 Å². The number of carbonyl (C=O) groups is 1. The monoisotopic (exact) mass is 289 g/mol. The minimum Gasteiger partial charge on any atom is -0.475 e. The van der Waals surface area contributed by atoms with E-state index in [1.807, 2.05) is 24.3 Å². The maximum Gasteiger partial charge on any atom is 0.281 e. The fraction of sp³-hybridized carbons (Fsp3) is 0.167. The first kappa shape index (κ1) is 13.3. The molecular formula is C12H10NO2Y-. The smallest absolute Gasteiger partial charge is 0.281 e. The Labute approximate surface area is 119 Å². The van der Waals surface area contributed by atoms with Gasteiger partial charge in [0.25, 0.3) is 5.97 Å². The maximum absolute atomic E-state index is 11.6. The molecule has 0 atom stereocenters. The second kappa shape index (κ2) is 5.51. The molecule has 0 aliphatic heterocycles. The van der Waals surface area contributed by atoms with E-state index < -0.39 is 0 Å². The van der Waals surface area contributed by atoms with Crippen LogP contribution < -0.4 is 0 Å². The molecule has 1 radical (unpaired) electrons. The van der Waals surface area contributed by atoms with Gasteiger partial charge in [-0.3, -0.25) is 4.79 Å². The Morgan fingerprint density at radius 2 is 2.06 bits per heavy atom. The van der Waals surface area contributed by atoms with E-state index in [0.29, 0.717) is 11.1 Å². The zero-order valence-electron chi connectivity index (χ0n) is 9.15. The van der Waals surface area contributed by atoms with Crippen LogP contribution in [0.2, 0.25) is 0 Å². The summed E-state index contributed by atoms with van der Waals surface area (Å²) >= 11 is 0. The summed E-state index contributed by atoms with van der Waals surface area (Å²) in [5, 5.41) is 0.806. The molecule has 2 rings (SSSR count). The van der Waals surface area contributed by atoms with Crippen LogP contribution in [-0.4, -0.2) is 18.1 Å². The summed E-state index contributed by atoms with van der Waals surface area (Å²) in [6, 6.07) is 7.45. The third kappa shape index (κ3) is 2.31. The number of ether oxygens (including phenoxy) is 1. The molecular weight excluding hydrogens is 279 g/mol. The number of pyridine rings is 1.